The fraction of sp³-hybridized carbons (Fsp3) is 0.417. The summed E-state index contributed by atoms with van der Waals surface area (Å²) < 4.78 is 9.43. The molecule has 9 heteroatoms. The van der Waals surface area contributed by atoms with Gasteiger partial charge in [-0.3, -0.25) is 9.78 Å². The number of nitrogens with one attached hydrogen (secondary N) is 1. The monoisotopic (exact) mass is 315 g/mol. The lowest BCUT2D eigenvalue weighted by Crippen LogP contribution is -2.48. The Balaban J connectivity index is 2.87. The van der Waals surface area contributed by atoms with Crippen LogP contribution in [-0.2, 0) is 19.1 Å². The van der Waals surface area contributed by atoms with Crippen molar-refractivity contribution >= 4 is 29.4 Å². The number of nitrogens with zero attached hydrogens (tertiary/aromatic N) is 2. The number of rotatable bonds is 6. The normalized spacial score (nSPS) is 10.1. The molecule has 1 N–H and O–H groups in total. The van der Waals surface area contributed by atoms with Gasteiger partial charge in [0.25, 0.3) is 5.91 Å². The van der Waals surface area contributed by atoms with E-state index in [2.05, 4.69) is 15.3 Å². The molecule has 1 aromatic heterocycles. The van der Waals surface area contributed by atoms with Crippen LogP contribution in [0.1, 0.15) is 24.3 Å². The van der Waals surface area contributed by atoms with Crippen LogP contribution >= 0.6 is 11.6 Å². The third kappa shape index (κ3) is 4.99. The number of amides is 1. The third-order valence-corrected chi connectivity index (χ3v) is 2.34. The maximum absolute atomic E-state index is 11.9. The minimum atomic E-state index is -1.57. The Morgan fingerprint density at radius 2 is 1.76 bits per heavy atom. The second-order valence-corrected chi connectivity index (χ2v) is 4.02. The zero-order valence-corrected chi connectivity index (χ0v) is 12.2. The van der Waals surface area contributed by atoms with E-state index in [-0.39, 0.29) is 24.1 Å². The molecule has 1 rings (SSSR count). The molecule has 1 amide bonds. The molecule has 0 aliphatic carbocycles. The van der Waals surface area contributed by atoms with E-state index in [1.807, 2.05) is 0 Å². The van der Waals surface area contributed by atoms with E-state index in [1.165, 1.54) is 6.20 Å². The molecule has 0 saturated carbocycles. The first kappa shape index (κ1) is 16.8. The summed E-state index contributed by atoms with van der Waals surface area (Å²) in [6.07, 6.45) is 2.39. The second kappa shape index (κ2) is 8.15. The average molecular weight is 316 g/mol. The summed E-state index contributed by atoms with van der Waals surface area (Å²) in [7, 11) is 0. The van der Waals surface area contributed by atoms with Crippen molar-refractivity contribution in [3.05, 3.63) is 23.2 Å². The molecule has 0 atom stereocenters. The highest BCUT2D eigenvalue weighted by Gasteiger charge is 2.32. The Labute approximate surface area is 125 Å². The fourth-order valence-electron chi connectivity index (χ4n) is 1.32. The lowest BCUT2D eigenvalue weighted by atomic mass is 10.2. The molecular weight excluding hydrogens is 302 g/mol. The molecule has 8 nitrogen and oxygen atoms in total. The van der Waals surface area contributed by atoms with Crippen molar-refractivity contribution in [3.63, 3.8) is 0 Å². The lowest BCUT2D eigenvalue weighted by Gasteiger charge is -2.15. The summed E-state index contributed by atoms with van der Waals surface area (Å²) in [4.78, 5) is 42.7. The first-order valence-electron chi connectivity index (χ1n) is 6.11. The third-order valence-electron chi connectivity index (χ3n) is 2.16. The van der Waals surface area contributed by atoms with Gasteiger partial charge < -0.3 is 14.8 Å². The van der Waals surface area contributed by atoms with Crippen molar-refractivity contribution in [3.8, 4) is 0 Å². The second-order valence-electron chi connectivity index (χ2n) is 3.64. The molecule has 1 aromatic rings. The van der Waals surface area contributed by atoms with Gasteiger partial charge in [-0.05, 0) is 13.8 Å². The minimum Gasteiger partial charge on any atom is -0.464 e. The van der Waals surface area contributed by atoms with Crippen molar-refractivity contribution in [2.45, 2.75) is 19.9 Å². The maximum Gasteiger partial charge on any atom is 0.340 e. The van der Waals surface area contributed by atoms with Crippen LogP contribution < -0.4 is 5.32 Å². The fourth-order valence-corrected chi connectivity index (χ4v) is 1.47. The Hall–Kier alpha value is -2.22. The van der Waals surface area contributed by atoms with Crippen molar-refractivity contribution in [1.82, 2.24) is 15.3 Å². The molecule has 0 saturated heterocycles. The highest BCUT2D eigenvalue weighted by molar-refractivity contribution is 6.29. The summed E-state index contributed by atoms with van der Waals surface area (Å²) in [6, 6.07) is -1.57. The van der Waals surface area contributed by atoms with E-state index in [0.29, 0.717) is 0 Å². The maximum atomic E-state index is 11.9. The summed E-state index contributed by atoms with van der Waals surface area (Å²) in [5, 5.41) is 2.19. The van der Waals surface area contributed by atoms with Crippen LogP contribution in [0.15, 0.2) is 12.4 Å². The molecule has 0 aromatic carbocycles. The lowest BCUT2D eigenvalue weighted by molar-refractivity contribution is -0.157. The van der Waals surface area contributed by atoms with Crippen molar-refractivity contribution in [1.29, 1.82) is 0 Å². The largest absolute Gasteiger partial charge is 0.464 e. The quantitative estimate of drug-likeness (QED) is 0.596. The first-order valence-corrected chi connectivity index (χ1v) is 6.49. The van der Waals surface area contributed by atoms with Crippen LogP contribution in [0, 0.1) is 0 Å². The molecular formula is C12H14ClN3O5. The van der Waals surface area contributed by atoms with Crippen molar-refractivity contribution < 1.29 is 23.9 Å². The molecule has 0 aliphatic heterocycles. The summed E-state index contributed by atoms with van der Waals surface area (Å²) in [6.45, 7) is 3.26. The number of carbonyl (C=O) groups is 3. The van der Waals surface area contributed by atoms with E-state index in [0.717, 1.165) is 6.20 Å². The number of ether oxygens (including phenoxy) is 2. The molecule has 21 heavy (non-hydrogen) atoms. The van der Waals surface area contributed by atoms with Gasteiger partial charge in [0, 0.05) is 0 Å². The topological polar surface area (TPSA) is 107 Å². The number of hydrogen-bond acceptors (Lipinski definition) is 7. The predicted octanol–water partition coefficient (Wildman–Crippen LogP) is 0.355. The minimum absolute atomic E-state index is 0.00599. The standard InChI is InChI=1S/C12H14ClN3O5/c1-3-20-11(18)9(12(19)21-4-2)16-10(17)7-5-14-6-8(13)15-7/h5-6,9H,3-4H2,1-2H3,(H,16,17). The molecule has 114 valence electrons. The molecule has 0 bridgehead atoms. The Bertz CT molecular complexity index is 519. The molecule has 0 aliphatic rings. The number of esters is 2. The van der Waals surface area contributed by atoms with Gasteiger partial charge in [0.1, 0.15) is 10.8 Å². The number of carbonyl (C=O) groups excluding carboxylic acids is 3. The van der Waals surface area contributed by atoms with Gasteiger partial charge in [0.05, 0.1) is 25.6 Å². The van der Waals surface area contributed by atoms with E-state index in [9.17, 15) is 14.4 Å². The summed E-state index contributed by atoms with van der Waals surface area (Å²) >= 11 is 5.61. The van der Waals surface area contributed by atoms with Gasteiger partial charge >= 0.3 is 11.9 Å². The smallest absolute Gasteiger partial charge is 0.340 e. The van der Waals surface area contributed by atoms with E-state index >= 15 is 0 Å². The average Bonchev–Trinajstić information content (AvgIpc) is 2.44. The van der Waals surface area contributed by atoms with Gasteiger partial charge in [0.15, 0.2) is 0 Å². The Morgan fingerprint density at radius 3 is 2.24 bits per heavy atom. The molecule has 0 radical (unpaired) electrons. The molecule has 0 unspecified atom stereocenters. The molecule has 1 heterocycles. The van der Waals surface area contributed by atoms with Crippen LogP contribution in [0.25, 0.3) is 0 Å². The Morgan fingerprint density at radius 1 is 1.19 bits per heavy atom. The van der Waals surface area contributed by atoms with E-state index in [1.54, 1.807) is 13.8 Å². The van der Waals surface area contributed by atoms with Crippen LogP contribution in [-0.4, -0.2) is 47.1 Å². The van der Waals surface area contributed by atoms with Gasteiger partial charge in [-0.25, -0.2) is 14.6 Å². The van der Waals surface area contributed by atoms with Crippen LogP contribution in [0.3, 0.4) is 0 Å². The first-order chi connectivity index (χ1) is 9.99. The SMILES string of the molecule is CCOC(=O)C(NC(=O)c1cncc(Cl)n1)C(=O)OCC. The van der Waals surface area contributed by atoms with Crippen molar-refractivity contribution in [2.24, 2.45) is 0 Å². The molecule has 0 spiro atoms. The molecule has 0 fully saturated rings. The number of hydrogen-bond donors (Lipinski definition) is 1. The van der Waals surface area contributed by atoms with Gasteiger partial charge in [-0.15, -0.1) is 0 Å². The van der Waals surface area contributed by atoms with Crippen molar-refractivity contribution in [2.75, 3.05) is 13.2 Å². The van der Waals surface area contributed by atoms with Crippen LogP contribution in [0.2, 0.25) is 5.15 Å². The Kier molecular flexibility index (Phi) is 6.54. The zero-order chi connectivity index (χ0) is 15.8. The summed E-state index contributed by atoms with van der Waals surface area (Å²) in [5.41, 5.74) is -0.138. The van der Waals surface area contributed by atoms with E-state index < -0.39 is 23.9 Å². The zero-order valence-electron chi connectivity index (χ0n) is 11.5. The highest BCUT2D eigenvalue weighted by Crippen LogP contribution is 2.03. The predicted molar refractivity (Wildman–Crippen MR) is 71.6 cm³/mol. The van der Waals surface area contributed by atoms with Crippen LogP contribution in [0.4, 0.5) is 0 Å². The van der Waals surface area contributed by atoms with Gasteiger partial charge in [-0.2, -0.15) is 0 Å². The summed E-state index contributed by atoms with van der Waals surface area (Å²) in [5.74, 6) is -2.63. The van der Waals surface area contributed by atoms with Crippen LogP contribution in [0.5, 0.6) is 0 Å². The van der Waals surface area contributed by atoms with Gasteiger partial charge in [-0.1, -0.05) is 11.6 Å². The number of aromatic nitrogens is 2. The highest BCUT2D eigenvalue weighted by atomic mass is 35.5. The number of halogens is 1. The van der Waals surface area contributed by atoms with Gasteiger partial charge in [0.2, 0.25) is 6.04 Å². The van der Waals surface area contributed by atoms with E-state index in [4.69, 9.17) is 21.1 Å².